The van der Waals surface area contributed by atoms with Gasteiger partial charge in [-0.15, -0.1) is 0 Å². The Morgan fingerprint density at radius 3 is 3.06 bits per heavy atom. The highest BCUT2D eigenvalue weighted by Crippen LogP contribution is 2.65. The van der Waals surface area contributed by atoms with Crippen LogP contribution in [0.25, 0.3) is 0 Å². The summed E-state index contributed by atoms with van der Waals surface area (Å²) in [6.07, 6.45) is 4.84. The Morgan fingerprint density at radius 2 is 2.29 bits per heavy atom. The fourth-order valence-electron chi connectivity index (χ4n) is 4.28. The van der Waals surface area contributed by atoms with E-state index in [0.717, 1.165) is 32.1 Å². The first-order valence-corrected chi connectivity index (χ1v) is 6.54. The zero-order valence-electron chi connectivity index (χ0n) is 10.2. The molecule has 1 saturated heterocycles. The molecule has 2 saturated carbocycles. The van der Waals surface area contributed by atoms with Gasteiger partial charge in [0.25, 0.3) is 0 Å². The van der Waals surface area contributed by atoms with Crippen LogP contribution in [0.1, 0.15) is 45.4 Å². The van der Waals surface area contributed by atoms with Crippen LogP contribution >= 0.6 is 0 Å². The summed E-state index contributed by atoms with van der Waals surface area (Å²) < 4.78 is 10.9. The molecule has 3 rings (SSSR count). The van der Waals surface area contributed by atoms with Crippen molar-refractivity contribution in [3.63, 3.8) is 0 Å². The minimum Gasteiger partial charge on any atom is -0.465 e. The molecular weight excluding hydrogens is 220 g/mol. The number of hydrogen-bond acceptors (Lipinski definition) is 4. The molecule has 1 heterocycles. The second-order valence-corrected chi connectivity index (χ2v) is 5.46. The fourth-order valence-corrected chi connectivity index (χ4v) is 4.28. The molecule has 1 aliphatic heterocycles. The Labute approximate surface area is 101 Å². The van der Waals surface area contributed by atoms with Gasteiger partial charge in [-0.2, -0.15) is 0 Å². The molecule has 94 valence electrons. The van der Waals surface area contributed by atoms with Crippen molar-refractivity contribution in [3.8, 4) is 0 Å². The van der Waals surface area contributed by atoms with E-state index in [-0.39, 0.29) is 17.9 Å². The van der Waals surface area contributed by atoms with Gasteiger partial charge in [0.05, 0.1) is 13.0 Å². The summed E-state index contributed by atoms with van der Waals surface area (Å²) in [4.78, 5) is 23.8. The first-order chi connectivity index (χ1) is 8.14. The molecule has 4 heteroatoms. The van der Waals surface area contributed by atoms with Crippen molar-refractivity contribution in [2.75, 3.05) is 6.61 Å². The Kier molecular flexibility index (Phi) is 2.25. The largest absolute Gasteiger partial charge is 0.465 e. The predicted molar refractivity (Wildman–Crippen MR) is 59.1 cm³/mol. The second kappa shape index (κ2) is 3.47. The SMILES string of the molecule is CCOC(=O)[C@@]12CCC[C@@]13OC(=O)C[C@H]3CC2. The molecule has 3 aliphatic rings. The zero-order chi connectivity index (χ0) is 12.1. The lowest BCUT2D eigenvalue weighted by Crippen LogP contribution is -2.48. The van der Waals surface area contributed by atoms with Crippen LogP contribution in [0.3, 0.4) is 0 Å². The van der Waals surface area contributed by atoms with E-state index in [1.807, 2.05) is 6.92 Å². The zero-order valence-corrected chi connectivity index (χ0v) is 10.2. The van der Waals surface area contributed by atoms with Gasteiger partial charge in [0, 0.05) is 5.92 Å². The van der Waals surface area contributed by atoms with E-state index in [0.29, 0.717) is 13.0 Å². The first kappa shape index (κ1) is 11.1. The Balaban J connectivity index is 1.99. The Hall–Kier alpha value is -1.06. The third-order valence-corrected chi connectivity index (χ3v) is 4.92. The molecule has 0 N–H and O–H groups in total. The van der Waals surface area contributed by atoms with Gasteiger partial charge < -0.3 is 9.47 Å². The summed E-state index contributed by atoms with van der Waals surface area (Å²) in [5.41, 5.74) is -1.05. The third kappa shape index (κ3) is 1.19. The summed E-state index contributed by atoms with van der Waals surface area (Å²) >= 11 is 0. The van der Waals surface area contributed by atoms with E-state index in [2.05, 4.69) is 0 Å². The number of esters is 2. The lowest BCUT2D eigenvalue weighted by Gasteiger charge is -2.36. The van der Waals surface area contributed by atoms with Gasteiger partial charge >= 0.3 is 11.9 Å². The average molecular weight is 238 g/mol. The maximum Gasteiger partial charge on any atom is 0.316 e. The highest BCUT2D eigenvalue weighted by molar-refractivity contribution is 5.83. The van der Waals surface area contributed by atoms with Crippen molar-refractivity contribution < 1.29 is 19.1 Å². The highest BCUT2D eigenvalue weighted by atomic mass is 16.6. The average Bonchev–Trinajstić information content (AvgIpc) is 2.85. The molecule has 0 aromatic rings. The molecule has 0 amide bonds. The standard InChI is InChI=1S/C13H18O4/c1-2-16-11(15)12-5-3-6-13(12)9(4-7-12)8-10(14)17-13/h9H,2-8H2,1H3/t9-,12+,13+/m1/s1. The van der Waals surface area contributed by atoms with E-state index in [1.165, 1.54) is 0 Å². The normalized spacial score (nSPS) is 43.1. The lowest BCUT2D eigenvalue weighted by molar-refractivity contribution is -0.176. The quantitative estimate of drug-likeness (QED) is 0.688. The van der Waals surface area contributed by atoms with Gasteiger partial charge in [-0.1, -0.05) is 0 Å². The summed E-state index contributed by atoms with van der Waals surface area (Å²) in [5, 5.41) is 0. The summed E-state index contributed by atoms with van der Waals surface area (Å²) in [7, 11) is 0. The summed E-state index contributed by atoms with van der Waals surface area (Å²) in [5.74, 6) is -0.0399. The number of carbonyl (C=O) groups is 2. The van der Waals surface area contributed by atoms with Crippen LogP contribution in [0.2, 0.25) is 0 Å². The van der Waals surface area contributed by atoms with E-state index < -0.39 is 11.0 Å². The fraction of sp³-hybridized carbons (Fsp3) is 0.846. The van der Waals surface area contributed by atoms with E-state index in [4.69, 9.17) is 9.47 Å². The van der Waals surface area contributed by atoms with Crippen molar-refractivity contribution >= 4 is 11.9 Å². The smallest absolute Gasteiger partial charge is 0.316 e. The molecule has 3 fully saturated rings. The lowest BCUT2D eigenvalue weighted by atomic mass is 9.74. The van der Waals surface area contributed by atoms with Gasteiger partial charge in [0.15, 0.2) is 0 Å². The Morgan fingerprint density at radius 1 is 1.47 bits per heavy atom. The maximum absolute atomic E-state index is 12.3. The Bertz CT molecular complexity index is 378. The van der Waals surface area contributed by atoms with Crippen LogP contribution in [-0.4, -0.2) is 24.1 Å². The highest BCUT2D eigenvalue weighted by Gasteiger charge is 2.72. The monoisotopic (exact) mass is 238 g/mol. The molecule has 2 aliphatic carbocycles. The molecule has 0 bridgehead atoms. The topological polar surface area (TPSA) is 52.6 Å². The van der Waals surface area contributed by atoms with Gasteiger partial charge in [0.1, 0.15) is 11.0 Å². The van der Waals surface area contributed by atoms with Crippen LogP contribution in [0.15, 0.2) is 0 Å². The van der Waals surface area contributed by atoms with Gasteiger partial charge in [0.2, 0.25) is 0 Å². The number of ether oxygens (including phenoxy) is 2. The van der Waals surface area contributed by atoms with Gasteiger partial charge in [-0.05, 0) is 39.0 Å². The van der Waals surface area contributed by atoms with Crippen LogP contribution < -0.4 is 0 Å². The minimum absolute atomic E-state index is 0.134. The maximum atomic E-state index is 12.3. The van der Waals surface area contributed by atoms with Crippen LogP contribution in [-0.2, 0) is 19.1 Å². The molecule has 3 atom stereocenters. The van der Waals surface area contributed by atoms with Gasteiger partial charge in [-0.25, -0.2) is 0 Å². The molecule has 0 aromatic carbocycles. The molecule has 17 heavy (non-hydrogen) atoms. The van der Waals surface area contributed by atoms with Crippen LogP contribution in [0, 0.1) is 11.3 Å². The minimum atomic E-state index is -0.528. The van der Waals surface area contributed by atoms with Crippen molar-refractivity contribution in [3.05, 3.63) is 0 Å². The number of hydrogen-bond donors (Lipinski definition) is 0. The van der Waals surface area contributed by atoms with Crippen molar-refractivity contribution in [1.82, 2.24) is 0 Å². The molecular formula is C13H18O4. The van der Waals surface area contributed by atoms with Gasteiger partial charge in [-0.3, -0.25) is 9.59 Å². The molecule has 0 radical (unpaired) electrons. The molecule has 0 unspecified atom stereocenters. The summed E-state index contributed by atoms with van der Waals surface area (Å²) in [6.45, 7) is 2.22. The third-order valence-electron chi connectivity index (χ3n) is 4.92. The number of carbonyl (C=O) groups excluding carboxylic acids is 2. The molecule has 1 spiro atoms. The van der Waals surface area contributed by atoms with Crippen molar-refractivity contribution in [1.29, 1.82) is 0 Å². The van der Waals surface area contributed by atoms with Crippen molar-refractivity contribution in [2.24, 2.45) is 11.3 Å². The van der Waals surface area contributed by atoms with E-state index in [1.54, 1.807) is 0 Å². The summed E-state index contributed by atoms with van der Waals surface area (Å²) in [6, 6.07) is 0. The predicted octanol–water partition coefficient (Wildman–Crippen LogP) is 1.82. The second-order valence-electron chi connectivity index (χ2n) is 5.46. The number of rotatable bonds is 2. The first-order valence-electron chi connectivity index (χ1n) is 6.54. The van der Waals surface area contributed by atoms with Crippen LogP contribution in [0.5, 0.6) is 0 Å². The van der Waals surface area contributed by atoms with Crippen molar-refractivity contribution in [2.45, 2.75) is 51.0 Å². The van der Waals surface area contributed by atoms with Crippen LogP contribution in [0.4, 0.5) is 0 Å². The van der Waals surface area contributed by atoms with E-state index >= 15 is 0 Å². The molecule has 0 aromatic heterocycles. The van der Waals surface area contributed by atoms with E-state index in [9.17, 15) is 9.59 Å². The molecule has 4 nitrogen and oxygen atoms in total.